The molecule has 0 aromatic carbocycles. The average Bonchev–Trinajstić information content (AvgIpc) is 3.14. The van der Waals surface area contributed by atoms with Crippen LogP contribution in [-0.2, 0) is 17.9 Å². The summed E-state index contributed by atoms with van der Waals surface area (Å²) >= 11 is 0. The number of aryl methyl sites for hydroxylation is 2. The standard InChI is InChI=1S/C21H33N5O2/c1-6-21(19(27)26(12-15(3)4)20(28)22-21)18-8-10-24(11-9-18)13-17-14-25(7-2)23-16(17)5/h14,18H,3,6-13H2,1-2,4-5H3,(H,22,28). The highest BCUT2D eigenvalue weighted by molar-refractivity contribution is 6.07. The van der Waals surface area contributed by atoms with Gasteiger partial charge < -0.3 is 5.32 Å². The summed E-state index contributed by atoms with van der Waals surface area (Å²) in [5, 5.41) is 7.57. The molecule has 0 bridgehead atoms. The van der Waals surface area contributed by atoms with Crippen molar-refractivity contribution >= 4 is 11.9 Å². The highest BCUT2D eigenvalue weighted by Gasteiger charge is 2.54. The lowest BCUT2D eigenvalue weighted by Gasteiger charge is -2.40. The molecular formula is C21H33N5O2. The molecule has 2 saturated heterocycles. The maximum Gasteiger partial charge on any atom is 0.325 e. The predicted octanol–water partition coefficient (Wildman–Crippen LogP) is 2.70. The van der Waals surface area contributed by atoms with Crippen LogP contribution in [0.5, 0.6) is 0 Å². The summed E-state index contributed by atoms with van der Waals surface area (Å²) in [6, 6.07) is -0.278. The molecule has 28 heavy (non-hydrogen) atoms. The fraction of sp³-hybridized carbons (Fsp3) is 0.667. The van der Waals surface area contributed by atoms with Crippen molar-refractivity contribution < 1.29 is 9.59 Å². The number of urea groups is 1. The van der Waals surface area contributed by atoms with Crippen molar-refractivity contribution in [3.05, 3.63) is 29.6 Å². The van der Waals surface area contributed by atoms with Gasteiger partial charge in [-0.05, 0) is 59.0 Å². The number of nitrogens with zero attached hydrogens (tertiary/aromatic N) is 4. The van der Waals surface area contributed by atoms with Crippen LogP contribution in [0.3, 0.4) is 0 Å². The van der Waals surface area contributed by atoms with Gasteiger partial charge in [0.25, 0.3) is 5.91 Å². The van der Waals surface area contributed by atoms with Crippen LogP contribution in [0.1, 0.15) is 51.3 Å². The minimum Gasteiger partial charge on any atom is -0.323 e. The number of rotatable bonds is 7. The van der Waals surface area contributed by atoms with E-state index < -0.39 is 5.54 Å². The summed E-state index contributed by atoms with van der Waals surface area (Å²) in [5.74, 6) is 0.0845. The molecule has 3 rings (SSSR count). The summed E-state index contributed by atoms with van der Waals surface area (Å²) in [6.45, 7) is 15.8. The van der Waals surface area contributed by atoms with E-state index in [0.29, 0.717) is 13.0 Å². The van der Waals surface area contributed by atoms with Gasteiger partial charge in [-0.3, -0.25) is 19.3 Å². The number of aromatic nitrogens is 2. The molecule has 0 spiro atoms. The lowest BCUT2D eigenvalue weighted by atomic mass is 9.75. The van der Waals surface area contributed by atoms with Gasteiger partial charge in [0.15, 0.2) is 0 Å². The van der Waals surface area contributed by atoms with E-state index in [9.17, 15) is 9.59 Å². The van der Waals surface area contributed by atoms with Gasteiger partial charge in [-0.2, -0.15) is 5.10 Å². The molecule has 7 heteroatoms. The summed E-state index contributed by atoms with van der Waals surface area (Å²) in [7, 11) is 0. The Bertz CT molecular complexity index is 763. The summed E-state index contributed by atoms with van der Waals surface area (Å²) in [6.07, 6.45) is 4.56. The molecule has 3 amide bonds. The van der Waals surface area contributed by atoms with E-state index in [1.807, 2.05) is 18.5 Å². The van der Waals surface area contributed by atoms with Crippen molar-refractivity contribution in [2.45, 2.75) is 65.6 Å². The second kappa shape index (κ2) is 8.07. The summed E-state index contributed by atoms with van der Waals surface area (Å²) < 4.78 is 1.98. The Balaban J connectivity index is 1.66. The summed E-state index contributed by atoms with van der Waals surface area (Å²) in [5.41, 5.74) is 2.40. The molecule has 1 unspecified atom stereocenters. The van der Waals surface area contributed by atoms with Crippen molar-refractivity contribution in [2.75, 3.05) is 19.6 Å². The second-order valence-electron chi connectivity index (χ2n) is 8.25. The van der Waals surface area contributed by atoms with Crippen LogP contribution in [0.25, 0.3) is 0 Å². The summed E-state index contributed by atoms with van der Waals surface area (Å²) in [4.78, 5) is 29.3. The molecular weight excluding hydrogens is 354 g/mol. The zero-order chi connectivity index (χ0) is 20.5. The van der Waals surface area contributed by atoms with Gasteiger partial charge in [-0.15, -0.1) is 0 Å². The Kier molecular flexibility index (Phi) is 5.93. The molecule has 7 nitrogen and oxygen atoms in total. The van der Waals surface area contributed by atoms with Gasteiger partial charge in [0.05, 0.1) is 12.2 Å². The fourth-order valence-corrected chi connectivity index (χ4v) is 4.56. The highest BCUT2D eigenvalue weighted by atomic mass is 16.2. The maximum absolute atomic E-state index is 13.1. The number of carbonyl (C=O) groups excluding carboxylic acids is 2. The highest BCUT2D eigenvalue weighted by Crippen LogP contribution is 2.36. The van der Waals surface area contributed by atoms with E-state index in [2.05, 4.69) is 41.9 Å². The Morgan fingerprint density at radius 1 is 1.32 bits per heavy atom. The number of hydrogen-bond donors (Lipinski definition) is 1. The van der Waals surface area contributed by atoms with Crippen LogP contribution in [0.15, 0.2) is 18.3 Å². The van der Waals surface area contributed by atoms with Crippen molar-refractivity contribution in [1.82, 2.24) is 24.9 Å². The third kappa shape index (κ3) is 3.72. The van der Waals surface area contributed by atoms with Crippen LogP contribution in [0.2, 0.25) is 0 Å². The zero-order valence-electron chi connectivity index (χ0n) is 17.6. The first-order valence-corrected chi connectivity index (χ1v) is 10.3. The van der Waals surface area contributed by atoms with E-state index >= 15 is 0 Å². The largest absolute Gasteiger partial charge is 0.325 e. The van der Waals surface area contributed by atoms with Gasteiger partial charge in [0.1, 0.15) is 5.54 Å². The number of likely N-dealkylation sites (tertiary alicyclic amines) is 1. The monoisotopic (exact) mass is 387 g/mol. The molecule has 2 aliphatic rings. The topological polar surface area (TPSA) is 70.5 Å². The molecule has 154 valence electrons. The number of carbonyl (C=O) groups is 2. The Hall–Kier alpha value is -2.15. The van der Waals surface area contributed by atoms with Crippen LogP contribution in [0, 0.1) is 12.8 Å². The van der Waals surface area contributed by atoms with Crippen LogP contribution >= 0.6 is 0 Å². The Morgan fingerprint density at radius 2 is 2.00 bits per heavy atom. The van der Waals surface area contributed by atoms with Crippen molar-refractivity contribution in [2.24, 2.45) is 5.92 Å². The molecule has 2 fully saturated rings. The SMILES string of the molecule is C=C(C)CN1C(=O)NC(CC)(C2CCN(Cc3cn(CC)nc3C)CC2)C1=O. The lowest BCUT2D eigenvalue weighted by molar-refractivity contribution is -0.134. The molecule has 0 saturated carbocycles. The molecule has 1 N–H and O–H groups in total. The number of imide groups is 1. The number of nitrogens with one attached hydrogen (secondary N) is 1. The minimum atomic E-state index is -0.762. The molecule has 1 aromatic heterocycles. The Morgan fingerprint density at radius 3 is 2.54 bits per heavy atom. The smallest absolute Gasteiger partial charge is 0.323 e. The third-order valence-corrected chi connectivity index (χ3v) is 6.24. The number of amides is 3. The number of piperidine rings is 1. The first kappa shape index (κ1) is 20.6. The maximum atomic E-state index is 13.1. The quantitative estimate of drug-likeness (QED) is 0.577. The van der Waals surface area contributed by atoms with Gasteiger partial charge in [-0.25, -0.2) is 4.79 Å². The van der Waals surface area contributed by atoms with E-state index in [1.165, 1.54) is 10.5 Å². The fourth-order valence-electron chi connectivity index (χ4n) is 4.56. The van der Waals surface area contributed by atoms with Crippen molar-refractivity contribution in [1.29, 1.82) is 0 Å². The van der Waals surface area contributed by atoms with E-state index in [1.54, 1.807) is 0 Å². The number of hydrogen-bond acceptors (Lipinski definition) is 4. The molecule has 2 aliphatic heterocycles. The van der Waals surface area contributed by atoms with Crippen LogP contribution in [-0.4, -0.2) is 56.7 Å². The van der Waals surface area contributed by atoms with Gasteiger partial charge in [0, 0.05) is 24.8 Å². The van der Waals surface area contributed by atoms with E-state index in [4.69, 9.17) is 0 Å². The molecule has 0 aliphatic carbocycles. The second-order valence-corrected chi connectivity index (χ2v) is 8.25. The molecule has 1 aromatic rings. The van der Waals surface area contributed by atoms with Crippen molar-refractivity contribution in [3.8, 4) is 0 Å². The van der Waals surface area contributed by atoms with Gasteiger partial charge in [-0.1, -0.05) is 19.1 Å². The third-order valence-electron chi connectivity index (χ3n) is 6.24. The lowest BCUT2D eigenvalue weighted by Crippen LogP contribution is -2.55. The average molecular weight is 388 g/mol. The Labute approximate surface area is 167 Å². The van der Waals surface area contributed by atoms with Crippen LogP contribution < -0.4 is 5.32 Å². The minimum absolute atomic E-state index is 0.0819. The predicted molar refractivity (Wildman–Crippen MR) is 109 cm³/mol. The van der Waals surface area contributed by atoms with Gasteiger partial charge in [0.2, 0.25) is 0 Å². The molecule has 1 atom stereocenters. The first-order valence-electron chi connectivity index (χ1n) is 10.3. The van der Waals surface area contributed by atoms with Crippen molar-refractivity contribution in [3.63, 3.8) is 0 Å². The van der Waals surface area contributed by atoms with Crippen LogP contribution in [0.4, 0.5) is 4.79 Å². The zero-order valence-corrected chi connectivity index (χ0v) is 17.6. The first-order chi connectivity index (χ1) is 13.3. The van der Waals surface area contributed by atoms with E-state index in [-0.39, 0.29) is 17.9 Å². The van der Waals surface area contributed by atoms with Gasteiger partial charge >= 0.3 is 6.03 Å². The van der Waals surface area contributed by atoms with E-state index in [0.717, 1.165) is 50.3 Å². The molecule has 0 radical (unpaired) electrons. The molecule has 3 heterocycles. The normalized spacial score (nSPS) is 24.1.